The van der Waals surface area contributed by atoms with Gasteiger partial charge in [0, 0.05) is 18.5 Å². The van der Waals surface area contributed by atoms with Crippen LogP contribution in [0.3, 0.4) is 0 Å². The second-order valence-corrected chi connectivity index (χ2v) is 5.84. The van der Waals surface area contributed by atoms with Crippen molar-refractivity contribution in [2.75, 3.05) is 6.54 Å². The predicted octanol–water partition coefficient (Wildman–Crippen LogP) is 0.593. The van der Waals surface area contributed by atoms with Crippen LogP contribution in [0.25, 0.3) is 0 Å². The molecule has 0 radical (unpaired) electrons. The van der Waals surface area contributed by atoms with Gasteiger partial charge in [-0.15, -0.1) is 0 Å². The van der Waals surface area contributed by atoms with E-state index in [1.807, 2.05) is 4.90 Å². The number of carboxylic acids is 1. The van der Waals surface area contributed by atoms with E-state index in [2.05, 4.69) is 15.2 Å². The van der Waals surface area contributed by atoms with Crippen LogP contribution >= 0.6 is 0 Å². The third kappa shape index (κ3) is 2.52. The lowest BCUT2D eigenvalue weighted by Gasteiger charge is -2.40. The Morgan fingerprint density at radius 1 is 1.50 bits per heavy atom. The summed E-state index contributed by atoms with van der Waals surface area (Å²) in [4.78, 5) is 29.1. The predicted molar refractivity (Wildman–Crippen MR) is 68.7 cm³/mol. The summed E-state index contributed by atoms with van der Waals surface area (Å²) in [6, 6.07) is 0. The number of aromatic amines is 1. The minimum absolute atomic E-state index is 0.0630. The summed E-state index contributed by atoms with van der Waals surface area (Å²) in [5, 5.41) is 15.4. The molecule has 0 bridgehead atoms. The van der Waals surface area contributed by atoms with Gasteiger partial charge in [0.15, 0.2) is 0 Å². The van der Waals surface area contributed by atoms with Crippen LogP contribution in [0.1, 0.15) is 37.9 Å². The molecule has 7 heteroatoms. The molecule has 1 unspecified atom stereocenters. The average Bonchev–Trinajstić information content (AvgIpc) is 2.94. The molecule has 2 heterocycles. The number of carbonyl (C=O) groups excluding carboxylic acids is 1. The van der Waals surface area contributed by atoms with Crippen LogP contribution in [0.4, 0.5) is 0 Å². The highest BCUT2D eigenvalue weighted by Crippen LogP contribution is 2.50. The summed E-state index contributed by atoms with van der Waals surface area (Å²) in [6.07, 6.45) is 5.43. The minimum Gasteiger partial charge on any atom is -0.481 e. The lowest BCUT2D eigenvalue weighted by Crippen LogP contribution is -2.49. The zero-order valence-corrected chi connectivity index (χ0v) is 11.2. The third-order valence-corrected chi connectivity index (χ3v) is 4.38. The van der Waals surface area contributed by atoms with Crippen LogP contribution in [0.15, 0.2) is 6.33 Å². The van der Waals surface area contributed by atoms with Gasteiger partial charge in [0.1, 0.15) is 12.2 Å². The van der Waals surface area contributed by atoms with Gasteiger partial charge in [0.05, 0.1) is 6.42 Å². The van der Waals surface area contributed by atoms with Crippen LogP contribution < -0.4 is 0 Å². The SMILES string of the molecule is O=C(O)CC1CCN(C(=O)Cc2ncn[nH]2)C2(CC2)C1. The van der Waals surface area contributed by atoms with E-state index in [9.17, 15) is 9.59 Å². The molecule has 20 heavy (non-hydrogen) atoms. The van der Waals surface area contributed by atoms with E-state index in [-0.39, 0.29) is 30.2 Å². The van der Waals surface area contributed by atoms with E-state index in [0.717, 1.165) is 25.7 Å². The van der Waals surface area contributed by atoms with Gasteiger partial charge in [-0.25, -0.2) is 4.98 Å². The van der Waals surface area contributed by atoms with Crippen LogP contribution in [0.5, 0.6) is 0 Å². The summed E-state index contributed by atoms with van der Waals surface area (Å²) in [5.74, 6) is 0.100. The largest absolute Gasteiger partial charge is 0.481 e. The van der Waals surface area contributed by atoms with Crippen molar-refractivity contribution in [3.63, 3.8) is 0 Å². The fraction of sp³-hybridized carbons (Fsp3) is 0.692. The standard InChI is InChI=1S/C13H18N4O3/c18-11(6-10-14-8-15-16-10)17-4-1-9(5-12(19)20)7-13(17)2-3-13/h8-9H,1-7H2,(H,19,20)(H,14,15,16). The number of carbonyl (C=O) groups is 2. The zero-order valence-electron chi connectivity index (χ0n) is 11.2. The Morgan fingerprint density at radius 3 is 2.90 bits per heavy atom. The number of aliphatic carboxylic acids is 1. The molecule has 1 spiro atoms. The van der Waals surface area contributed by atoms with Crippen molar-refractivity contribution in [3.8, 4) is 0 Å². The molecule has 0 aromatic carbocycles. The highest BCUT2D eigenvalue weighted by atomic mass is 16.4. The summed E-state index contributed by atoms with van der Waals surface area (Å²) < 4.78 is 0. The first-order valence-electron chi connectivity index (χ1n) is 6.95. The molecule has 2 N–H and O–H groups in total. The minimum atomic E-state index is -0.743. The number of aromatic nitrogens is 3. The van der Waals surface area contributed by atoms with Crippen LogP contribution in [0, 0.1) is 5.92 Å². The highest BCUT2D eigenvalue weighted by molar-refractivity contribution is 5.79. The number of nitrogens with zero attached hydrogens (tertiary/aromatic N) is 3. The zero-order chi connectivity index (χ0) is 14.2. The Bertz CT molecular complexity index is 510. The molecular weight excluding hydrogens is 260 g/mol. The van der Waals surface area contributed by atoms with Crippen LogP contribution in [-0.4, -0.2) is 49.1 Å². The molecular formula is C13H18N4O3. The Balaban J connectivity index is 1.63. The molecule has 1 atom stereocenters. The number of rotatable bonds is 4. The Kier molecular flexibility index (Phi) is 3.19. The van der Waals surface area contributed by atoms with E-state index in [1.165, 1.54) is 6.33 Å². The summed E-state index contributed by atoms with van der Waals surface area (Å²) >= 11 is 0. The Morgan fingerprint density at radius 2 is 2.30 bits per heavy atom. The fourth-order valence-electron chi connectivity index (χ4n) is 3.28. The molecule has 2 aliphatic rings. The molecule has 7 nitrogen and oxygen atoms in total. The number of hydrogen-bond donors (Lipinski definition) is 2. The van der Waals surface area contributed by atoms with E-state index in [4.69, 9.17) is 5.11 Å². The summed E-state index contributed by atoms with van der Waals surface area (Å²) in [6.45, 7) is 0.658. The summed E-state index contributed by atoms with van der Waals surface area (Å²) in [5.41, 5.74) is -0.0739. The van der Waals surface area contributed by atoms with Crippen LogP contribution in [0.2, 0.25) is 0 Å². The van der Waals surface area contributed by atoms with Crippen molar-refractivity contribution in [2.24, 2.45) is 5.92 Å². The molecule has 1 amide bonds. The topological polar surface area (TPSA) is 99.2 Å². The van der Waals surface area contributed by atoms with Gasteiger partial charge >= 0.3 is 5.97 Å². The fourth-order valence-corrected chi connectivity index (χ4v) is 3.28. The van der Waals surface area contributed by atoms with Gasteiger partial charge in [0.25, 0.3) is 0 Å². The lowest BCUT2D eigenvalue weighted by atomic mass is 9.86. The first kappa shape index (κ1) is 13.1. The number of carboxylic acid groups (broad SMARTS) is 1. The first-order chi connectivity index (χ1) is 9.59. The van der Waals surface area contributed by atoms with E-state index in [1.54, 1.807) is 0 Å². The smallest absolute Gasteiger partial charge is 0.303 e. The first-order valence-corrected chi connectivity index (χ1v) is 6.95. The average molecular weight is 278 g/mol. The number of hydrogen-bond acceptors (Lipinski definition) is 4. The second kappa shape index (κ2) is 4.88. The van der Waals surface area contributed by atoms with E-state index >= 15 is 0 Å². The van der Waals surface area contributed by atoms with Crippen molar-refractivity contribution >= 4 is 11.9 Å². The van der Waals surface area contributed by atoms with Crippen molar-refractivity contribution in [3.05, 3.63) is 12.2 Å². The number of H-pyrrole nitrogens is 1. The normalized spacial score (nSPS) is 23.8. The number of piperidine rings is 1. The number of amides is 1. The van der Waals surface area contributed by atoms with Gasteiger partial charge in [-0.2, -0.15) is 5.10 Å². The maximum atomic E-state index is 12.4. The van der Waals surface area contributed by atoms with Crippen molar-refractivity contribution in [1.29, 1.82) is 0 Å². The molecule has 1 aliphatic heterocycles. The molecule has 2 fully saturated rings. The molecule has 1 aromatic heterocycles. The van der Waals surface area contributed by atoms with E-state index in [0.29, 0.717) is 12.4 Å². The molecule has 108 valence electrons. The maximum Gasteiger partial charge on any atom is 0.303 e. The molecule has 1 aromatic rings. The summed E-state index contributed by atoms with van der Waals surface area (Å²) in [7, 11) is 0. The highest BCUT2D eigenvalue weighted by Gasteiger charge is 2.53. The van der Waals surface area contributed by atoms with Gasteiger partial charge in [0.2, 0.25) is 5.91 Å². The monoisotopic (exact) mass is 278 g/mol. The molecule has 1 saturated carbocycles. The van der Waals surface area contributed by atoms with E-state index < -0.39 is 5.97 Å². The van der Waals surface area contributed by atoms with Crippen molar-refractivity contribution in [2.45, 2.75) is 44.1 Å². The van der Waals surface area contributed by atoms with Gasteiger partial charge in [-0.3, -0.25) is 14.7 Å². The second-order valence-electron chi connectivity index (χ2n) is 5.84. The third-order valence-electron chi connectivity index (χ3n) is 4.38. The Hall–Kier alpha value is -1.92. The van der Waals surface area contributed by atoms with Gasteiger partial charge in [-0.05, 0) is 31.6 Å². The Labute approximate surface area is 116 Å². The molecule has 1 aliphatic carbocycles. The van der Waals surface area contributed by atoms with Crippen molar-refractivity contribution < 1.29 is 14.7 Å². The van der Waals surface area contributed by atoms with Gasteiger partial charge in [-0.1, -0.05) is 0 Å². The molecule has 3 rings (SSSR count). The van der Waals surface area contributed by atoms with Crippen molar-refractivity contribution in [1.82, 2.24) is 20.1 Å². The van der Waals surface area contributed by atoms with Crippen LogP contribution in [-0.2, 0) is 16.0 Å². The lowest BCUT2D eigenvalue weighted by molar-refractivity contribution is -0.140. The van der Waals surface area contributed by atoms with Gasteiger partial charge < -0.3 is 10.0 Å². The maximum absolute atomic E-state index is 12.4. The number of likely N-dealkylation sites (tertiary alicyclic amines) is 1. The molecule has 1 saturated heterocycles. The number of nitrogens with one attached hydrogen (secondary N) is 1. The quantitative estimate of drug-likeness (QED) is 0.840.